The van der Waals surface area contributed by atoms with E-state index < -0.39 is 0 Å². The molecule has 0 atom stereocenters. The largest absolute Gasteiger partial charge is 0.350 e. The first-order valence-corrected chi connectivity index (χ1v) is 5.69. The second kappa shape index (κ2) is 4.88. The number of hydrogen-bond acceptors (Lipinski definition) is 4. The van der Waals surface area contributed by atoms with Crippen molar-refractivity contribution in [3.05, 3.63) is 24.3 Å². The van der Waals surface area contributed by atoms with Crippen molar-refractivity contribution in [2.75, 3.05) is 5.32 Å². The average Bonchev–Trinajstić information content (AvgIpc) is 2.35. The minimum atomic E-state index is 0.419. The average molecular weight is 216 g/mol. The summed E-state index contributed by atoms with van der Waals surface area (Å²) in [4.78, 5) is 4.43. The predicted molar refractivity (Wildman–Crippen MR) is 65.3 cm³/mol. The maximum atomic E-state index is 4.43. The van der Waals surface area contributed by atoms with Crippen LogP contribution >= 0.6 is 0 Å². The lowest BCUT2D eigenvalue weighted by Crippen LogP contribution is -2.19. The van der Waals surface area contributed by atoms with Gasteiger partial charge < -0.3 is 5.32 Å². The van der Waals surface area contributed by atoms with Crippen LogP contribution in [0.3, 0.4) is 0 Å². The van der Waals surface area contributed by atoms with Crippen molar-refractivity contribution in [1.82, 2.24) is 15.2 Å². The van der Waals surface area contributed by atoms with Crippen molar-refractivity contribution >= 4 is 17.0 Å². The summed E-state index contributed by atoms with van der Waals surface area (Å²) in [6.45, 7) is 4.30. The second-order valence-corrected chi connectivity index (χ2v) is 3.78. The van der Waals surface area contributed by atoms with Gasteiger partial charge in [0.2, 0.25) is 5.95 Å². The third kappa shape index (κ3) is 2.27. The molecule has 16 heavy (non-hydrogen) atoms. The zero-order valence-electron chi connectivity index (χ0n) is 9.64. The standard InChI is InChI=1S/C12H16N4/c1-3-9(4-2)13-12-14-10-7-5-6-8-11(10)15-16-12/h5-9H,3-4H2,1-2H3,(H,13,14,16). The lowest BCUT2D eigenvalue weighted by atomic mass is 10.2. The highest BCUT2D eigenvalue weighted by Crippen LogP contribution is 2.10. The Kier molecular flexibility index (Phi) is 3.29. The van der Waals surface area contributed by atoms with E-state index in [0.29, 0.717) is 12.0 Å². The molecule has 1 N–H and O–H groups in total. The van der Waals surface area contributed by atoms with Gasteiger partial charge in [0.25, 0.3) is 0 Å². The molecule has 0 radical (unpaired) electrons. The van der Waals surface area contributed by atoms with Crippen molar-refractivity contribution < 1.29 is 0 Å². The molecule has 84 valence electrons. The molecule has 0 aliphatic rings. The summed E-state index contributed by atoms with van der Waals surface area (Å²) in [5.41, 5.74) is 1.71. The summed E-state index contributed by atoms with van der Waals surface area (Å²) < 4.78 is 0. The molecule has 0 unspecified atom stereocenters. The molecule has 0 bridgehead atoms. The van der Waals surface area contributed by atoms with Crippen LogP contribution in [0.4, 0.5) is 5.95 Å². The third-order valence-corrected chi connectivity index (χ3v) is 2.68. The summed E-state index contributed by atoms with van der Waals surface area (Å²) in [7, 11) is 0. The van der Waals surface area contributed by atoms with Crippen LogP contribution in [0.15, 0.2) is 24.3 Å². The fourth-order valence-electron chi connectivity index (χ4n) is 1.62. The number of anilines is 1. The van der Waals surface area contributed by atoms with E-state index in [4.69, 9.17) is 0 Å². The van der Waals surface area contributed by atoms with Gasteiger partial charge in [-0.05, 0) is 25.0 Å². The quantitative estimate of drug-likeness (QED) is 0.853. The Hall–Kier alpha value is -1.71. The molecule has 4 heteroatoms. The topological polar surface area (TPSA) is 50.7 Å². The fourth-order valence-corrected chi connectivity index (χ4v) is 1.62. The molecule has 2 aromatic rings. The number of fused-ring (bicyclic) bond motifs is 1. The Morgan fingerprint density at radius 2 is 1.75 bits per heavy atom. The van der Waals surface area contributed by atoms with Gasteiger partial charge in [-0.2, -0.15) is 0 Å². The smallest absolute Gasteiger partial charge is 0.243 e. The SMILES string of the molecule is CCC(CC)Nc1nnc2ccccc2n1. The first-order valence-electron chi connectivity index (χ1n) is 5.69. The molecule has 0 amide bonds. The van der Waals surface area contributed by atoms with Gasteiger partial charge in [-0.3, -0.25) is 0 Å². The van der Waals surface area contributed by atoms with Crippen LogP contribution in [0.2, 0.25) is 0 Å². The van der Waals surface area contributed by atoms with Crippen LogP contribution in [0.5, 0.6) is 0 Å². The Morgan fingerprint density at radius 1 is 1.06 bits per heavy atom. The number of benzene rings is 1. The number of nitrogens with zero attached hydrogens (tertiary/aromatic N) is 3. The molecule has 1 aromatic heterocycles. The maximum Gasteiger partial charge on any atom is 0.243 e. The van der Waals surface area contributed by atoms with E-state index in [2.05, 4.69) is 34.3 Å². The highest BCUT2D eigenvalue weighted by atomic mass is 15.2. The summed E-state index contributed by atoms with van der Waals surface area (Å²) in [5, 5.41) is 11.5. The van der Waals surface area contributed by atoms with Crippen LogP contribution in [-0.4, -0.2) is 21.2 Å². The number of hydrogen-bond donors (Lipinski definition) is 1. The van der Waals surface area contributed by atoms with E-state index in [1.807, 2.05) is 24.3 Å². The number of nitrogens with one attached hydrogen (secondary N) is 1. The third-order valence-electron chi connectivity index (χ3n) is 2.68. The van der Waals surface area contributed by atoms with Crippen molar-refractivity contribution in [1.29, 1.82) is 0 Å². The summed E-state index contributed by atoms with van der Waals surface area (Å²) in [6, 6.07) is 8.17. The highest BCUT2D eigenvalue weighted by Gasteiger charge is 2.06. The molecule has 0 aliphatic carbocycles. The Bertz CT molecular complexity index is 465. The summed E-state index contributed by atoms with van der Waals surface area (Å²) in [6.07, 6.45) is 2.12. The summed E-state index contributed by atoms with van der Waals surface area (Å²) in [5.74, 6) is 0.618. The van der Waals surface area contributed by atoms with Crippen LogP contribution < -0.4 is 5.32 Å². The Labute approximate surface area is 95.1 Å². The van der Waals surface area contributed by atoms with Crippen molar-refractivity contribution in [3.8, 4) is 0 Å². The molecule has 0 aliphatic heterocycles. The number of aromatic nitrogens is 3. The van der Waals surface area contributed by atoms with Crippen LogP contribution in [0.1, 0.15) is 26.7 Å². The molecule has 1 aromatic carbocycles. The van der Waals surface area contributed by atoms with Gasteiger partial charge in [0, 0.05) is 6.04 Å². The van der Waals surface area contributed by atoms with Gasteiger partial charge >= 0.3 is 0 Å². The highest BCUT2D eigenvalue weighted by molar-refractivity contribution is 5.74. The molecular weight excluding hydrogens is 200 g/mol. The van der Waals surface area contributed by atoms with Crippen molar-refractivity contribution in [3.63, 3.8) is 0 Å². The van der Waals surface area contributed by atoms with Crippen molar-refractivity contribution in [2.24, 2.45) is 0 Å². The van der Waals surface area contributed by atoms with E-state index in [1.54, 1.807) is 0 Å². The lowest BCUT2D eigenvalue weighted by Gasteiger charge is -2.13. The van der Waals surface area contributed by atoms with Crippen LogP contribution in [0, 0.1) is 0 Å². The normalized spacial score (nSPS) is 10.9. The Morgan fingerprint density at radius 3 is 2.44 bits per heavy atom. The van der Waals surface area contributed by atoms with E-state index in [1.165, 1.54) is 0 Å². The van der Waals surface area contributed by atoms with Gasteiger partial charge in [0.1, 0.15) is 5.52 Å². The molecule has 4 nitrogen and oxygen atoms in total. The van der Waals surface area contributed by atoms with E-state index >= 15 is 0 Å². The van der Waals surface area contributed by atoms with Crippen LogP contribution in [0.25, 0.3) is 11.0 Å². The minimum Gasteiger partial charge on any atom is -0.350 e. The van der Waals surface area contributed by atoms with Gasteiger partial charge in [0.05, 0.1) is 5.52 Å². The van der Waals surface area contributed by atoms with Crippen LogP contribution in [-0.2, 0) is 0 Å². The molecule has 2 rings (SSSR count). The van der Waals surface area contributed by atoms with Gasteiger partial charge in [-0.25, -0.2) is 4.98 Å². The van der Waals surface area contributed by atoms with Gasteiger partial charge in [-0.1, -0.05) is 26.0 Å². The zero-order chi connectivity index (χ0) is 11.4. The monoisotopic (exact) mass is 216 g/mol. The number of rotatable bonds is 4. The van der Waals surface area contributed by atoms with E-state index in [9.17, 15) is 0 Å². The first-order chi connectivity index (χ1) is 7.83. The predicted octanol–water partition coefficient (Wildman–Crippen LogP) is 2.63. The molecule has 0 saturated heterocycles. The maximum absolute atomic E-state index is 4.43. The van der Waals surface area contributed by atoms with Gasteiger partial charge in [-0.15, -0.1) is 10.2 Å². The van der Waals surface area contributed by atoms with E-state index in [-0.39, 0.29) is 0 Å². The zero-order valence-corrected chi connectivity index (χ0v) is 9.64. The lowest BCUT2D eigenvalue weighted by molar-refractivity contribution is 0.663. The molecule has 0 saturated carbocycles. The molecule has 0 fully saturated rings. The second-order valence-electron chi connectivity index (χ2n) is 3.78. The molecular formula is C12H16N4. The summed E-state index contributed by atoms with van der Waals surface area (Å²) >= 11 is 0. The van der Waals surface area contributed by atoms with Gasteiger partial charge in [0.15, 0.2) is 0 Å². The van der Waals surface area contributed by atoms with Crippen molar-refractivity contribution in [2.45, 2.75) is 32.7 Å². The molecule has 0 spiro atoms. The Balaban J connectivity index is 2.25. The molecule has 1 heterocycles. The first kappa shape index (κ1) is 10.8. The number of para-hydroxylation sites is 1. The minimum absolute atomic E-state index is 0.419. The fraction of sp³-hybridized carbons (Fsp3) is 0.417. The van der Waals surface area contributed by atoms with E-state index in [0.717, 1.165) is 23.9 Å².